The summed E-state index contributed by atoms with van der Waals surface area (Å²) in [6, 6.07) is 73.2. The van der Waals surface area contributed by atoms with Gasteiger partial charge in [-0.2, -0.15) is 0 Å². The first kappa shape index (κ1) is 36.4. The molecule has 5 heteroatoms. The molecule has 0 radical (unpaired) electrons. The Morgan fingerprint density at radius 1 is 0.270 bits per heavy atom. The molecule has 0 aliphatic heterocycles. The van der Waals surface area contributed by atoms with Crippen molar-refractivity contribution < 1.29 is 0 Å². The van der Waals surface area contributed by atoms with Crippen molar-refractivity contribution in [1.82, 2.24) is 9.97 Å². The molecule has 0 aliphatic carbocycles. The van der Waals surface area contributed by atoms with Gasteiger partial charge in [-0.15, -0.1) is 34.0 Å². The zero-order chi connectivity index (χ0) is 41.4. The fraction of sp³-hybridized carbons (Fsp3) is 0. The van der Waals surface area contributed by atoms with Crippen LogP contribution in [-0.4, -0.2) is 9.97 Å². The van der Waals surface area contributed by atoms with E-state index >= 15 is 0 Å². The average Bonchev–Trinajstić information content (AvgIpc) is 4.06. The van der Waals surface area contributed by atoms with Gasteiger partial charge >= 0.3 is 0 Å². The number of fused-ring (bicyclic) bond motifs is 9. The van der Waals surface area contributed by atoms with Gasteiger partial charge in [0.05, 0.1) is 15.9 Å². The second-order valence-corrected chi connectivity index (χ2v) is 19.2. The Kier molecular flexibility index (Phi) is 8.48. The van der Waals surface area contributed by atoms with Crippen LogP contribution in [0.4, 0.5) is 0 Å². The van der Waals surface area contributed by atoms with Crippen molar-refractivity contribution in [2.24, 2.45) is 0 Å². The Balaban J connectivity index is 0.863. The maximum absolute atomic E-state index is 4.95. The predicted molar refractivity (Wildman–Crippen MR) is 273 cm³/mol. The second-order valence-electron chi connectivity index (χ2n) is 16.1. The van der Waals surface area contributed by atoms with Gasteiger partial charge < -0.3 is 0 Å². The van der Waals surface area contributed by atoms with Crippen LogP contribution in [0.2, 0.25) is 0 Å². The maximum atomic E-state index is 4.95. The number of hydrogen-bond donors (Lipinski definition) is 0. The summed E-state index contributed by atoms with van der Waals surface area (Å²) < 4.78 is 7.62. The van der Waals surface area contributed by atoms with Crippen LogP contribution < -0.4 is 0 Å². The lowest BCUT2D eigenvalue weighted by atomic mass is 9.95. The van der Waals surface area contributed by atoms with Crippen molar-refractivity contribution in [1.29, 1.82) is 0 Å². The van der Waals surface area contributed by atoms with Crippen LogP contribution in [0.25, 0.3) is 128 Å². The molecule has 0 saturated heterocycles. The normalized spacial score (nSPS) is 11.8. The molecule has 0 bridgehead atoms. The van der Waals surface area contributed by atoms with Crippen molar-refractivity contribution in [2.45, 2.75) is 0 Å². The van der Waals surface area contributed by atoms with E-state index in [-0.39, 0.29) is 0 Å². The van der Waals surface area contributed by atoms with Crippen molar-refractivity contribution >= 4 is 94.7 Å². The summed E-state index contributed by atoms with van der Waals surface area (Å²) in [5, 5.41) is 6.43. The molecule has 4 aromatic heterocycles. The quantitative estimate of drug-likeness (QED) is 0.167. The molecular formula is C58H34N2S3. The first-order valence-corrected chi connectivity index (χ1v) is 23.6. The number of benzene rings is 9. The fourth-order valence-corrected chi connectivity index (χ4v) is 13.2. The van der Waals surface area contributed by atoms with Gasteiger partial charge in [0.25, 0.3) is 0 Å². The number of thiophene rings is 3. The number of rotatable bonds is 6. The summed E-state index contributed by atoms with van der Waals surface area (Å²) in [6.07, 6.45) is 1.72. The highest BCUT2D eigenvalue weighted by Gasteiger charge is 2.18. The van der Waals surface area contributed by atoms with Gasteiger partial charge in [-0.1, -0.05) is 164 Å². The van der Waals surface area contributed by atoms with Crippen molar-refractivity contribution in [3.05, 3.63) is 207 Å². The largest absolute Gasteiger partial charge is 0.235 e. The van der Waals surface area contributed by atoms with Crippen molar-refractivity contribution in [2.75, 3.05) is 0 Å². The predicted octanol–water partition coefficient (Wildman–Crippen LogP) is 17.6. The molecule has 294 valence electrons. The van der Waals surface area contributed by atoms with E-state index in [9.17, 15) is 0 Å². The van der Waals surface area contributed by atoms with E-state index in [4.69, 9.17) is 9.97 Å². The van der Waals surface area contributed by atoms with E-state index in [0.29, 0.717) is 0 Å². The average molecular weight is 855 g/mol. The summed E-state index contributed by atoms with van der Waals surface area (Å²) in [4.78, 5) is 9.85. The zero-order valence-electron chi connectivity index (χ0n) is 33.7. The minimum absolute atomic E-state index is 0.958. The molecule has 63 heavy (non-hydrogen) atoms. The van der Waals surface area contributed by atoms with Crippen LogP contribution >= 0.6 is 34.0 Å². The van der Waals surface area contributed by atoms with E-state index in [2.05, 4.69) is 200 Å². The van der Waals surface area contributed by atoms with E-state index in [1.807, 2.05) is 22.7 Å². The molecule has 0 aliphatic rings. The van der Waals surface area contributed by atoms with E-state index < -0.39 is 0 Å². The topological polar surface area (TPSA) is 25.8 Å². The van der Waals surface area contributed by atoms with Crippen LogP contribution in [0, 0.1) is 0 Å². The lowest BCUT2D eigenvalue weighted by Crippen LogP contribution is -1.87. The Bertz CT molecular complexity index is 3690. The van der Waals surface area contributed by atoms with Crippen LogP contribution in [0.1, 0.15) is 0 Å². The van der Waals surface area contributed by atoms with Gasteiger partial charge in [0, 0.05) is 56.0 Å². The third-order valence-corrected chi connectivity index (χ3v) is 16.1. The summed E-state index contributed by atoms with van der Waals surface area (Å²) >= 11 is 5.54. The monoisotopic (exact) mass is 854 g/mol. The third kappa shape index (κ3) is 6.04. The van der Waals surface area contributed by atoms with Gasteiger partial charge in [-0.25, -0.2) is 9.97 Å². The lowest BCUT2D eigenvalue weighted by Gasteiger charge is -2.10. The SMILES string of the molecule is c1cc(-c2cccc(-c3cccc4c3sc3c(-c5cccc(-c6cccc(-c7cccc8c7sc7ccccc78)c6)c5)ncnc34)c2)cc(-c2cccc3c2sc2ccccc23)c1. The smallest absolute Gasteiger partial charge is 0.116 e. The molecule has 0 N–H and O–H groups in total. The molecule has 0 unspecified atom stereocenters. The summed E-state index contributed by atoms with van der Waals surface area (Å²) in [6.45, 7) is 0. The van der Waals surface area contributed by atoms with Crippen LogP contribution in [-0.2, 0) is 0 Å². The van der Waals surface area contributed by atoms with Crippen molar-refractivity contribution in [3.8, 4) is 66.9 Å². The van der Waals surface area contributed by atoms with Crippen molar-refractivity contribution in [3.63, 3.8) is 0 Å². The standard InChI is InChI=1S/C58H34N2S3/c1-3-28-51-46(20-1)48-25-9-22-43(55(48)61-51)39-16-5-12-35(30-39)36-13-6-18-41(31-36)45-24-11-27-50-54-58(63-57(45)50)53(59-34-60-54)42-19-8-15-38(33-42)37-14-7-17-40(32-37)44-23-10-26-49-47-21-2-4-29-52(47)62-56(44)49/h1-34H. The van der Waals surface area contributed by atoms with Crippen LogP contribution in [0.3, 0.4) is 0 Å². The molecule has 4 heterocycles. The van der Waals surface area contributed by atoms with E-state index in [1.54, 1.807) is 17.7 Å². The molecule has 0 atom stereocenters. The Labute approximate surface area is 375 Å². The minimum Gasteiger partial charge on any atom is -0.235 e. The molecule has 13 rings (SSSR count). The van der Waals surface area contributed by atoms with E-state index in [0.717, 1.165) is 32.4 Å². The first-order chi connectivity index (χ1) is 31.2. The summed E-state index contributed by atoms with van der Waals surface area (Å²) in [5.41, 5.74) is 15.1. The number of hydrogen-bond acceptors (Lipinski definition) is 5. The molecular weight excluding hydrogens is 821 g/mol. The molecule has 0 spiro atoms. The van der Waals surface area contributed by atoms with Gasteiger partial charge in [-0.3, -0.25) is 0 Å². The van der Waals surface area contributed by atoms with Gasteiger partial charge in [0.1, 0.15) is 6.33 Å². The highest BCUT2D eigenvalue weighted by molar-refractivity contribution is 7.27. The van der Waals surface area contributed by atoms with Gasteiger partial charge in [-0.05, 0) is 92.0 Å². The van der Waals surface area contributed by atoms with Crippen LogP contribution in [0.15, 0.2) is 207 Å². The Hall–Kier alpha value is -7.28. The minimum atomic E-state index is 0.958. The number of aromatic nitrogens is 2. The Morgan fingerprint density at radius 2 is 0.651 bits per heavy atom. The first-order valence-electron chi connectivity index (χ1n) is 21.1. The lowest BCUT2D eigenvalue weighted by molar-refractivity contribution is 1.24. The van der Waals surface area contributed by atoms with Crippen LogP contribution in [0.5, 0.6) is 0 Å². The Morgan fingerprint density at radius 3 is 1.16 bits per heavy atom. The second kappa shape index (κ2) is 14.7. The molecule has 0 fully saturated rings. The molecule has 13 aromatic rings. The zero-order valence-corrected chi connectivity index (χ0v) is 36.2. The van der Waals surface area contributed by atoms with Gasteiger partial charge in [0.2, 0.25) is 0 Å². The molecule has 2 nitrogen and oxygen atoms in total. The molecule has 9 aromatic carbocycles. The maximum Gasteiger partial charge on any atom is 0.116 e. The highest BCUT2D eigenvalue weighted by atomic mass is 32.1. The third-order valence-electron chi connectivity index (χ3n) is 12.4. The molecule has 0 amide bonds. The van der Waals surface area contributed by atoms with E-state index in [1.165, 1.54) is 95.1 Å². The number of nitrogens with zero attached hydrogens (tertiary/aromatic N) is 2. The molecule has 0 saturated carbocycles. The summed E-state index contributed by atoms with van der Waals surface area (Å²) in [5.74, 6) is 0. The van der Waals surface area contributed by atoms with Gasteiger partial charge in [0.15, 0.2) is 0 Å². The summed E-state index contributed by atoms with van der Waals surface area (Å²) in [7, 11) is 0. The fourth-order valence-electron chi connectivity index (χ4n) is 9.42. The highest BCUT2D eigenvalue weighted by Crippen LogP contribution is 2.45.